The number of carbonyl (C=O) groups excluding carboxylic acids is 4. The van der Waals surface area contributed by atoms with Crippen LogP contribution in [-0.4, -0.2) is 83.0 Å². The smallest absolute Gasteiger partial charge is 0.350 e. The molecule has 0 saturated carbocycles. The van der Waals surface area contributed by atoms with E-state index in [2.05, 4.69) is 10.6 Å². The minimum Gasteiger partial charge on any atom is -0.481 e. The molecule has 13 heteroatoms. The molecular weight excluding hydrogens is 476 g/mol. The Morgan fingerprint density at radius 1 is 0.861 bits per heavy atom. The van der Waals surface area contributed by atoms with E-state index in [-0.39, 0.29) is 42.9 Å². The van der Waals surface area contributed by atoms with Gasteiger partial charge in [-0.2, -0.15) is 0 Å². The third kappa shape index (κ3) is 13.3. The highest BCUT2D eigenvalue weighted by Gasteiger charge is 2.35. The van der Waals surface area contributed by atoms with Gasteiger partial charge in [0.05, 0.1) is 12.0 Å². The summed E-state index contributed by atoms with van der Waals surface area (Å²) in [5, 5.41) is 22.8. The Morgan fingerprint density at radius 2 is 1.25 bits per heavy atom. The first kappa shape index (κ1) is 35.3. The van der Waals surface area contributed by atoms with Crippen molar-refractivity contribution in [3.05, 3.63) is 0 Å². The second-order valence-electron chi connectivity index (χ2n) is 9.05. The van der Waals surface area contributed by atoms with Crippen molar-refractivity contribution >= 4 is 35.5 Å². The van der Waals surface area contributed by atoms with Crippen LogP contribution in [0.25, 0.3) is 0 Å². The molecule has 2 unspecified atom stereocenters. The summed E-state index contributed by atoms with van der Waals surface area (Å²) >= 11 is 0. The predicted molar refractivity (Wildman–Crippen MR) is 130 cm³/mol. The van der Waals surface area contributed by atoms with Crippen LogP contribution < -0.4 is 16.4 Å². The molecule has 1 fully saturated rings. The fourth-order valence-corrected chi connectivity index (χ4v) is 2.91. The van der Waals surface area contributed by atoms with Crippen LogP contribution in [0.2, 0.25) is 0 Å². The maximum absolute atomic E-state index is 11.6. The second kappa shape index (κ2) is 17.5. The van der Waals surface area contributed by atoms with Crippen LogP contribution in [0.15, 0.2) is 0 Å². The number of nitrogens with zero attached hydrogens (tertiary/aromatic N) is 1. The van der Waals surface area contributed by atoms with Crippen molar-refractivity contribution in [2.24, 2.45) is 23.5 Å². The largest absolute Gasteiger partial charge is 0.481 e. The monoisotopic (exact) mass is 518 g/mol. The summed E-state index contributed by atoms with van der Waals surface area (Å²) in [6.45, 7) is 10.5. The standard InChI is InChI=1S/C10H16N2O4.C10H19NO3.C3H7NO2/c1-6(2)9(11-3)10(15)16-12-7(13)4-5-8(12)14;1-6(2)9(11-4)8(12)5-7(3)10(13)14;1-2(4)3(5)6/h6,9,11H,4-5H2,1-3H3;6-7,9,11H,5H2,1-4H3,(H,13,14);2H,4H2,1H3,(H,5,6)/t;7-,9?;2-/m.10/s1. The molecular formula is C23H42N4O9. The first-order chi connectivity index (χ1) is 16.5. The number of likely N-dealkylation sites (N-methyl/N-ethyl adjacent to an activating group) is 2. The number of hydroxylamine groups is 2. The molecule has 0 bridgehead atoms. The minimum atomic E-state index is -0.963. The highest BCUT2D eigenvalue weighted by molar-refractivity contribution is 6.01. The first-order valence-corrected chi connectivity index (χ1v) is 11.7. The van der Waals surface area contributed by atoms with Gasteiger partial charge in [0.1, 0.15) is 12.1 Å². The van der Waals surface area contributed by atoms with E-state index in [1.54, 1.807) is 21.0 Å². The van der Waals surface area contributed by atoms with E-state index in [1.165, 1.54) is 6.92 Å². The predicted octanol–water partition coefficient (Wildman–Crippen LogP) is 0.166. The molecule has 4 atom stereocenters. The maximum Gasteiger partial charge on any atom is 0.350 e. The SMILES string of the molecule is CNC(C(=O)C[C@@H](C)C(=O)O)C(C)C.CNC(C(=O)ON1C(=O)CCC1=O)C(C)C.C[C@H](N)C(=O)O. The summed E-state index contributed by atoms with van der Waals surface area (Å²) in [6, 6.07) is -1.50. The third-order valence-electron chi connectivity index (χ3n) is 5.06. The fourth-order valence-electron chi connectivity index (χ4n) is 2.91. The number of aliphatic carboxylic acids is 2. The number of Topliss-reactive ketones (excluding diaryl/α,β-unsaturated/α-hetero) is 1. The molecule has 0 aliphatic carbocycles. The van der Waals surface area contributed by atoms with Crippen molar-refractivity contribution in [1.29, 1.82) is 0 Å². The molecule has 0 spiro atoms. The molecule has 6 N–H and O–H groups in total. The van der Waals surface area contributed by atoms with Gasteiger partial charge in [-0.05, 0) is 32.9 Å². The first-order valence-electron chi connectivity index (χ1n) is 11.7. The lowest BCUT2D eigenvalue weighted by Gasteiger charge is -2.20. The summed E-state index contributed by atoms with van der Waals surface area (Å²) in [5.74, 6) is -3.84. The van der Waals surface area contributed by atoms with Crippen molar-refractivity contribution in [3.8, 4) is 0 Å². The number of nitrogens with two attached hydrogens (primary N) is 1. The second-order valence-corrected chi connectivity index (χ2v) is 9.05. The van der Waals surface area contributed by atoms with Gasteiger partial charge in [-0.15, -0.1) is 5.06 Å². The van der Waals surface area contributed by atoms with Crippen molar-refractivity contribution < 1.29 is 43.8 Å². The van der Waals surface area contributed by atoms with E-state index < -0.39 is 47.7 Å². The number of hydrogen-bond acceptors (Lipinski definition) is 10. The normalized spacial score (nSPS) is 16.2. The molecule has 0 aromatic carbocycles. The highest BCUT2D eigenvalue weighted by Crippen LogP contribution is 2.14. The summed E-state index contributed by atoms with van der Waals surface area (Å²) < 4.78 is 0. The van der Waals surface area contributed by atoms with Crippen LogP contribution in [0, 0.1) is 17.8 Å². The molecule has 0 aromatic rings. The van der Waals surface area contributed by atoms with E-state index in [1.807, 2.05) is 27.7 Å². The van der Waals surface area contributed by atoms with Crippen LogP contribution in [0.5, 0.6) is 0 Å². The molecule has 208 valence electrons. The van der Waals surface area contributed by atoms with Crippen molar-refractivity contribution in [1.82, 2.24) is 15.7 Å². The van der Waals surface area contributed by atoms with Crippen LogP contribution >= 0.6 is 0 Å². The lowest BCUT2D eigenvalue weighted by atomic mass is 9.93. The molecule has 1 aliphatic rings. The Hall–Kier alpha value is -2.90. The van der Waals surface area contributed by atoms with Gasteiger partial charge in [-0.1, -0.05) is 34.6 Å². The molecule has 1 aliphatic heterocycles. The van der Waals surface area contributed by atoms with Crippen molar-refractivity contribution in [2.75, 3.05) is 14.1 Å². The van der Waals surface area contributed by atoms with Gasteiger partial charge in [0.15, 0.2) is 5.78 Å². The third-order valence-corrected chi connectivity index (χ3v) is 5.06. The summed E-state index contributed by atoms with van der Waals surface area (Å²) in [7, 11) is 3.34. The minimum absolute atomic E-state index is 0.0188. The number of carboxylic acid groups (broad SMARTS) is 2. The average molecular weight is 519 g/mol. The number of ketones is 1. The summed E-state index contributed by atoms with van der Waals surface area (Å²) in [6.07, 6.45) is 0.315. The van der Waals surface area contributed by atoms with E-state index in [0.717, 1.165) is 0 Å². The van der Waals surface area contributed by atoms with E-state index in [0.29, 0.717) is 5.06 Å². The Bertz CT molecular complexity index is 753. The van der Waals surface area contributed by atoms with Gasteiger partial charge in [-0.25, -0.2) is 4.79 Å². The number of amides is 2. The molecule has 13 nitrogen and oxygen atoms in total. The Morgan fingerprint density at radius 3 is 1.53 bits per heavy atom. The van der Waals surface area contributed by atoms with Gasteiger partial charge in [0, 0.05) is 19.3 Å². The highest BCUT2D eigenvalue weighted by atomic mass is 16.7. The van der Waals surface area contributed by atoms with Gasteiger partial charge >= 0.3 is 17.9 Å². The van der Waals surface area contributed by atoms with Crippen LogP contribution in [0.4, 0.5) is 0 Å². The molecule has 0 radical (unpaired) electrons. The van der Waals surface area contributed by atoms with Crippen LogP contribution in [0.1, 0.15) is 60.8 Å². The molecule has 1 rings (SSSR count). The van der Waals surface area contributed by atoms with Gasteiger partial charge in [-0.3, -0.25) is 24.0 Å². The quantitative estimate of drug-likeness (QED) is 0.232. The maximum atomic E-state index is 11.6. The molecule has 1 heterocycles. The number of nitrogens with one attached hydrogen (secondary N) is 2. The van der Waals surface area contributed by atoms with Crippen LogP contribution in [-0.2, 0) is 33.6 Å². The van der Waals surface area contributed by atoms with Gasteiger partial charge < -0.3 is 31.4 Å². The van der Waals surface area contributed by atoms with Crippen LogP contribution in [0.3, 0.4) is 0 Å². The van der Waals surface area contributed by atoms with Crippen molar-refractivity contribution in [2.45, 2.75) is 78.9 Å². The summed E-state index contributed by atoms with van der Waals surface area (Å²) in [4.78, 5) is 70.6. The lowest BCUT2D eigenvalue weighted by molar-refractivity contribution is -0.199. The van der Waals surface area contributed by atoms with E-state index >= 15 is 0 Å². The lowest BCUT2D eigenvalue weighted by Crippen LogP contribution is -2.44. The number of carbonyl (C=O) groups is 6. The topological polar surface area (TPSA) is 205 Å². The molecule has 1 saturated heterocycles. The number of rotatable bonds is 11. The molecule has 2 amide bonds. The van der Waals surface area contributed by atoms with E-state index in [9.17, 15) is 28.8 Å². The van der Waals surface area contributed by atoms with E-state index in [4.69, 9.17) is 20.8 Å². The Kier molecular flexibility index (Phi) is 17.2. The van der Waals surface area contributed by atoms with Gasteiger partial charge in [0.25, 0.3) is 11.8 Å². The zero-order valence-electron chi connectivity index (χ0n) is 22.4. The number of hydrogen-bond donors (Lipinski definition) is 5. The van der Waals surface area contributed by atoms with Gasteiger partial charge in [0.2, 0.25) is 0 Å². The Balaban J connectivity index is 0. The fraction of sp³-hybridized carbons (Fsp3) is 0.739. The van der Waals surface area contributed by atoms with Crippen molar-refractivity contribution in [3.63, 3.8) is 0 Å². The number of imide groups is 1. The zero-order valence-corrected chi connectivity index (χ0v) is 22.4. The average Bonchev–Trinajstić information content (AvgIpc) is 3.06. The summed E-state index contributed by atoms with van der Waals surface area (Å²) in [5.41, 5.74) is 4.84. The Labute approximate surface area is 212 Å². The zero-order chi connectivity index (χ0) is 28.7. The number of carboxylic acids is 2. The molecule has 0 aromatic heterocycles. The molecule has 36 heavy (non-hydrogen) atoms.